The van der Waals surface area contributed by atoms with Crippen LogP contribution in [0.4, 0.5) is 0 Å². The quantitative estimate of drug-likeness (QED) is 0.712. The van der Waals surface area contributed by atoms with Gasteiger partial charge in [0.15, 0.2) is 0 Å². The molecule has 116 valence electrons. The lowest BCUT2D eigenvalue weighted by atomic mass is 10.2. The van der Waals surface area contributed by atoms with Crippen LogP contribution in [0.3, 0.4) is 0 Å². The first-order valence-corrected chi connectivity index (χ1v) is 7.26. The van der Waals surface area contributed by atoms with Gasteiger partial charge in [0.2, 0.25) is 0 Å². The minimum atomic E-state index is -0.372. The third-order valence-electron chi connectivity index (χ3n) is 2.71. The fraction of sp³-hybridized carbons (Fsp3) is 0.625. The summed E-state index contributed by atoms with van der Waals surface area (Å²) in [5, 5.41) is 26.7. The highest BCUT2D eigenvalue weighted by molar-refractivity contribution is 5.14. The summed E-state index contributed by atoms with van der Waals surface area (Å²) in [6.45, 7) is 7.63. The highest BCUT2D eigenvalue weighted by Crippen LogP contribution is 2.07. The first-order valence-electron chi connectivity index (χ1n) is 7.26. The summed E-state index contributed by atoms with van der Waals surface area (Å²) < 4.78 is 0. The molecule has 0 heterocycles. The average molecular weight is 283 g/mol. The Morgan fingerprint density at radius 2 is 1.60 bits per heavy atom. The molecule has 20 heavy (non-hydrogen) atoms. The van der Waals surface area contributed by atoms with Crippen molar-refractivity contribution in [2.45, 2.75) is 45.9 Å². The van der Waals surface area contributed by atoms with Gasteiger partial charge in [0.25, 0.3) is 0 Å². The fourth-order valence-electron chi connectivity index (χ4n) is 1.85. The number of hydrogen-bond acceptors (Lipinski definition) is 4. The summed E-state index contributed by atoms with van der Waals surface area (Å²) in [7, 11) is 0. The Hall–Kier alpha value is -0.940. The van der Waals surface area contributed by atoms with E-state index in [0.717, 1.165) is 13.0 Å². The maximum Gasteiger partial charge on any atom is 0.0664 e. The Bertz CT molecular complexity index is 317. The van der Waals surface area contributed by atoms with Crippen molar-refractivity contribution in [3.63, 3.8) is 0 Å². The van der Waals surface area contributed by atoms with Gasteiger partial charge in [-0.05, 0) is 25.8 Å². The summed E-state index contributed by atoms with van der Waals surface area (Å²) >= 11 is 0. The molecule has 4 nitrogen and oxygen atoms in total. The van der Waals surface area contributed by atoms with Crippen LogP contribution in [0.25, 0.3) is 0 Å². The Morgan fingerprint density at radius 1 is 1.05 bits per heavy atom. The van der Waals surface area contributed by atoms with E-state index in [0.29, 0.717) is 13.1 Å². The fourth-order valence-corrected chi connectivity index (χ4v) is 1.85. The normalized spacial score (nSPS) is 13.6. The van der Waals surface area contributed by atoms with Gasteiger partial charge in [-0.3, -0.25) is 4.90 Å². The van der Waals surface area contributed by atoms with Crippen LogP contribution in [0.2, 0.25) is 0 Å². The molecule has 0 spiro atoms. The van der Waals surface area contributed by atoms with E-state index >= 15 is 0 Å². The van der Waals surface area contributed by atoms with Crippen molar-refractivity contribution >= 4 is 0 Å². The molecule has 0 radical (unpaired) electrons. The van der Waals surface area contributed by atoms with Crippen molar-refractivity contribution in [3.05, 3.63) is 35.9 Å². The van der Waals surface area contributed by atoms with E-state index in [9.17, 15) is 10.2 Å². The van der Waals surface area contributed by atoms with E-state index in [4.69, 9.17) is 5.11 Å². The zero-order valence-electron chi connectivity index (χ0n) is 12.9. The van der Waals surface area contributed by atoms with E-state index < -0.39 is 0 Å². The van der Waals surface area contributed by atoms with Crippen LogP contribution in [-0.4, -0.2) is 52.1 Å². The highest BCUT2D eigenvalue weighted by atomic mass is 16.3. The molecule has 0 amide bonds. The first kappa shape index (κ1) is 19.1. The number of nitrogens with zero attached hydrogens (tertiary/aromatic N) is 1. The molecule has 1 rings (SSSR count). The van der Waals surface area contributed by atoms with Crippen LogP contribution in [0, 0.1) is 0 Å². The van der Waals surface area contributed by atoms with Crippen molar-refractivity contribution in [1.82, 2.24) is 4.90 Å². The molecule has 0 aliphatic rings. The van der Waals surface area contributed by atoms with E-state index in [-0.39, 0.29) is 18.8 Å². The summed E-state index contributed by atoms with van der Waals surface area (Å²) in [6, 6.07) is 10.1. The maximum absolute atomic E-state index is 9.70. The molecule has 3 N–H and O–H groups in total. The zero-order valence-corrected chi connectivity index (χ0v) is 12.9. The van der Waals surface area contributed by atoms with Gasteiger partial charge < -0.3 is 15.3 Å². The van der Waals surface area contributed by atoms with Crippen LogP contribution in [0.5, 0.6) is 0 Å². The van der Waals surface area contributed by atoms with Crippen LogP contribution in [0.1, 0.15) is 32.8 Å². The topological polar surface area (TPSA) is 63.9 Å². The van der Waals surface area contributed by atoms with Crippen molar-refractivity contribution in [2.75, 3.05) is 19.7 Å². The van der Waals surface area contributed by atoms with Crippen molar-refractivity contribution in [1.29, 1.82) is 0 Å². The van der Waals surface area contributed by atoms with Crippen LogP contribution in [0.15, 0.2) is 30.3 Å². The molecule has 4 heteroatoms. The van der Waals surface area contributed by atoms with Crippen LogP contribution >= 0.6 is 0 Å². The van der Waals surface area contributed by atoms with Gasteiger partial charge in [0.1, 0.15) is 0 Å². The Labute approximate surface area is 122 Å². The number of benzene rings is 1. The predicted molar refractivity (Wildman–Crippen MR) is 82.5 cm³/mol. The smallest absolute Gasteiger partial charge is 0.0664 e. The number of rotatable bonds is 7. The summed E-state index contributed by atoms with van der Waals surface area (Å²) in [4.78, 5) is 2.09. The van der Waals surface area contributed by atoms with Gasteiger partial charge >= 0.3 is 0 Å². The SMILES string of the molecule is CCC(O)CN(Cc1ccccc1)CC(C)O.CCO. The maximum atomic E-state index is 9.70. The lowest BCUT2D eigenvalue weighted by Gasteiger charge is -2.25. The van der Waals surface area contributed by atoms with Gasteiger partial charge in [-0.1, -0.05) is 37.3 Å². The molecule has 0 aliphatic carbocycles. The van der Waals surface area contributed by atoms with Gasteiger partial charge in [0.05, 0.1) is 12.2 Å². The number of hydrogen-bond donors (Lipinski definition) is 3. The Balaban J connectivity index is 0.00000110. The summed E-state index contributed by atoms with van der Waals surface area (Å²) in [6.07, 6.45) is 0.0469. The minimum Gasteiger partial charge on any atom is -0.397 e. The molecule has 0 saturated carbocycles. The van der Waals surface area contributed by atoms with Crippen LogP contribution < -0.4 is 0 Å². The largest absolute Gasteiger partial charge is 0.397 e. The van der Waals surface area contributed by atoms with Crippen molar-refractivity contribution in [2.24, 2.45) is 0 Å². The monoisotopic (exact) mass is 283 g/mol. The molecule has 2 atom stereocenters. The van der Waals surface area contributed by atoms with Crippen LogP contribution in [-0.2, 0) is 6.54 Å². The van der Waals surface area contributed by atoms with Gasteiger partial charge in [-0.25, -0.2) is 0 Å². The third-order valence-corrected chi connectivity index (χ3v) is 2.71. The molecule has 0 aromatic heterocycles. The van der Waals surface area contributed by atoms with Crippen molar-refractivity contribution < 1.29 is 15.3 Å². The van der Waals surface area contributed by atoms with E-state index in [1.807, 2.05) is 25.1 Å². The standard InChI is InChI=1S/C14H23NO2.C2H6O/c1-3-14(17)11-15(9-12(2)16)10-13-7-5-4-6-8-13;1-2-3/h4-8,12,14,16-17H,3,9-11H2,1-2H3;3H,2H2,1H3. The predicted octanol–water partition coefficient (Wildman–Crippen LogP) is 1.64. The highest BCUT2D eigenvalue weighted by Gasteiger charge is 2.12. The summed E-state index contributed by atoms with van der Waals surface area (Å²) in [5.74, 6) is 0. The Morgan fingerprint density at radius 3 is 2.05 bits per heavy atom. The van der Waals surface area contributed by atoms with E-state index in [1.165, 1.54) is 5.56 Å². The Kier molecular flexibility index (Phi) is 11.3. The average Bonchev–Trinajstić information content (AvgIpc) is 2.39. The second-order valence-electron chi connectivity index (χ2n) is 4.91. The second-order valence-corrected chi connectivity index (χ2v) is 4.91. The number of aliphatic hydroxyl groups is 3. The summed E-state index contributed by atoms with van der Waals surface area (Å²) in [5.41, 5.74) is 1.21. The van der Waals surface area contributed by atoms with Crippen molar-refractivity contribution in [3.8, 4) is 0 Å². The molecule has 0 bridgehead atoms. The molecular formula is C16H29NO3. The molecule has 1 aromatic carbocycles. The van der Waals surface area contributed by atoms with Gasteiger partial charge in [0, 0.05) is 26.2 Å². The minimum absolute atomic E-state index is 0.250. The van der Waals surface area contributed by atoms with Gasteiger partial charge in [-0.2, -0.15) is 0 Å². The van der Waals surface area contributed by atoms with E-state index in [1.54, 1.807) is 13.8 Å². The second kappa shape index (κ2) is 11.9. The number of aliphatic hydroxyl groups excluding tert-OH is 3. The first-order chi connectivity index (χ1) is 9.53. The lowest BCUT2D eigenvalue weighted by molar-refractivity contribution is 0.0702. The molecular weight excluding hydrogens is 254 g/mol. The third kappa shape index (κ3) is 9.92. The zero-order chi connectivity index (χ0) is 15.4. The molecule has 2 unspecified atom stereocenters. The lowest BCUT2D eigenvalue weighted by Crippen LogP contribution is -2.36. The molecule has 0 aliphatic heterocycles. The molecule has 0 saturated heterocycles. The molecule has 1 aromatic rings. The van der Waals surface area contributed by atoms with Gasteiger partial charge in [-0.15, -0.1) is 0 Å². The molecule has 0 fully saturated rings. The van der Waals surface area contributed by atoms with E-state index in [2.05, 4.69) is 17.0 Å².